The third-order valence-corrected chi connectivity index (χ3v) is 6.75. The fourth-order valence-electron chi connectivity index (χ4n) is 4.64. The van der Waals surface area contributed by atoms with Gasteiger partial charge in [-0.25, -0.2) is 0 Å². The van der Waals surface area contributed by atoms with Crippen LogP contribution in [0.2, 0.25) is 0 Å². The van der Waals surface area contributed by atoms with Gasteiger partial charge in [-0.05, 0) is 39.5 Å². The van der Waals surface area contributed by atoms with E-state index < -0.39 is 0 Å². The Hall–Kier alpha value is -2.02. The first-order valence-electron chi connectivity index (χ1n) is 10.7. The topological polar surface area (TPSA) is 57.7 Å². The molecular formula is C23H32N4O2. The molecule has 6 heteroatoms. The molecule has 0 unspecified atom stereocenters. The number of carbonyl (C=O) groups is 1. The number of likely N-dealkylation sites (N-methyl/N-ethyl adjacent to an activating group) is 2. The van der Waals surface area contributed by atoms with E-state index in [9.17, 15) is 4.79 Å². The molecule has 1 fully saturated rings. The van der Waals surface area contributed by atoms with Crippen LogP contribution in [0.4, 0.5) is 0 Å². The molecular weight excluding hydrogens is 364 g/mol. The Morgan fingerprint density at radius 2 is 2.03 bits per heavy atom. The zero-order chi connectivity index (χ0) is 20.4. The Morgan fingerprint density at radius 1 is 1.28 bits per heavy atom. The van der Waals surface area contributed by atoms with Crippen LogP contribution in [0.1, 0.15) is 41.4 Å². The molecule has 0 bridgehead atoms. The number of nitrogens with zero attached hydrogens (tertiary/aromatic N) is 3. The molecule has 1 aromatic carbocycles. The second-order valence-corrected chi connectivity index (χ2v) is 8.46. The summed E-state index contributed by atoms with van der Waals surface area (Å²) in [5, 5.41) is 4.23. The predicted molar refractivity (Wildman–Crippen MR) is 115 cm³/mol. The van der Waals surface area contributed by atoms with Gasteiger partial charge in [0.2, 0.25) is 0 Å². The van der Waals surface area contributed by atoms with E-state index in [2.05, 4.69) is 36.1 Å². The van der Waals surface area contributed by atoms with Crippen LogP contribution >= 0.6 is 0 Å². The maximum atomic E-state index is 13.5. The molecule has 3 heterocycles. The zero-order valence-corrected chi connectivity index (χ0v) is 17.8. The number of pyridine rings is 1. The van der Waals surface area contributed by atoms with Crippen LogP contribution in [-0.2, 0) is 17.7 Å². The molecule has 2 aromatic rings. The Labute approximate surface area is 173 Å². The summed E-state index contributed by atoms with van der Waals surface area (Å²) in [6.07, 6.45) is 2.76. The number of benzene rings is 1. The highest BCUT2D eigenvalue weighted by atomic mass is 16.5. The number of carbonyl (C=O) groups excluding carboxylic acids is 1. The van der Waals surface area contributed by atoms with Crippen molar-refractivity contribution in [2.45, 2.75) is 38.3 Å². The summed E-state index contributed by atoms with van der Waals surface area (Å²) in [4.78, 5) is 23.0. The summed E-state index contributed by atoms with van der Waals surface area (Å²) < 4.78 is 5.57. The van der Waals surface area contributed by atoms with Gasteiger partial charge in [-0.3, -0.25) is 14.7 Å². The minimum atomic E-state index is -0.0493. The summed E-state index contributed by atoms with van der Waals surface area (Å²) in [5.41, 5.74) is 3.85. The maximum Gasteiger partial charge on any atom is 0.252 e. The molecule has 1 saturated heterocycles. The smallest absolute Gasteiger partial charge is 0.252 e. The molecule has 2 aliphatic rings. The molecule has 0 aliphatic carbocycles. The van der Waals surface area contributed by atoms with Crippen molar-refractivity contribution in [1.82, 2.24) is 20.1 Å². The van der Waals surface area contributed by atoms with Crippen LogP contribution in [0.25, 0.3) is 10.9 Å². The Kier molecular flexibility index (Phi) is 5.86. The lowest BCUT2D eigenvalue weighted by Crippen LogP contribution is -2.55. The lowest BCUT2D eigenvalue weighted by atomic mass is 9.88. The summed E-state index contributed by atoms with van der Waals surface area (Å²) >= 11 is 0. The summed E-state index contributed by atoms with van der Waals surface area (Å²) in [7, 11) is 4.20. The van der Waals surface area contributed by atoms with E-state index in [1.54, 1.807) is 0 Å². The van der Waals surface area contributed by atoms with Gasteiger partial charge in [-0.15, -0.1) is 0 Å². The molecule has 0 spiro atoms. The largest absolute Gasteiger partial charge is 0.381 e. The summed E-state index contributed by atoms with van der Waals surface area (Å²) in [6, 6.07) is 8.03. The van der Waals surface area contributed by atoms with E-state index in [4.69, 9.17) is 9.72 Å². The molecule has 1 amide bonds. The van der Waals surface area contributed by atoms with E-state index >= 15 is 0 Å². The zero-order valence-electron chi connectivity index (χ0n) is 17.8. The minimum Gasteiger partial charge on any atom is -0.381 e. The van der Waals surface area contributed by atoms with Crippen molar-refractivity contribution in [3.05, 3.63) is 41.1 Å². The molecule has 4 rings (SSSR count). The lowest BCUT2D eigenvalue weighted by molar-refractivity contribution is -0.00658. The highest BCUT2D eigenvalue weighted by Gasteiger charge is 2.35. The van der Waals surface area contributed by atoms with Gasteiger partial charge in [0.15, 0.2) is 0 Å². The monoisotopic (exact) mass is 396 g/mol. The van der Waals surface area contributed by atoms with Gasteiger partial charge in [0.25, 0.3) is 5.91 Å². The average molecular weight is 397 g/mol. The maximum absolute atomic E-state index is 13.5. The number of fused-ring (bicyclic) bond motifs is 2. The Bertz CT molecular complexity index is 890. The SMILES string of the molecule is CCN1CCc2nc3ccccc3c(C(=O)NCC3(N(C)C)CCOCC3)c2C1. The molecule has 2 aliphatic heterocycles. The van der Waals surface area contributed by atoms with Crippen molar-refractivity contribution in [3.8, 4) is 0 Å². The van der Waals surface area contributed by atoms with E-state index in [1.807, 2.05) is 24.3 Å². The Morgan fingerprint density at radius 3 is 2.76 bits per heavy atom. The van der Waals surface area contributed by atoms with E-state index in [0.717, 1.165) is 79.8 Å². The fraction of sp³-hybridized carbons (Fsp3) is 0.565. The highest BCUT2D eigenvalue weighted by molar-refractivity contribution is 6.07. The summed E-state index contributed by atoms with van der Waals surface area (Å²) in [6.45, 7) is 7.06. The van der Waals surface area contributed by atoms with E-state index in [0.29, 0.717) is 6.54 Å². The Balaban J connectivity index is 1.68. The lowest BCUT2D eigenvalue weighted by Gasteiger charge is -2.43. The van der Waals surface area contributed by atoms with E-state index in [-0.39, 0.29) is 11.4 Å². The number of hydrogen-bond donors (Lipinski definition) is 1. The van der Waals surface area contributed by atoms with Crippen molar-refractivity contribution in [1.29, 1.82) is 0 Å². The number of nitrogens with one attached hydrogen (secondary N) is 1. The quantitative estimate of drug-likeness (QED) is 0.841. The second-order valence-electron chi connectivity index (χ2n) is 8.46. The van der Waals surface area contributed by atoms with Crippen LogP contribution in [0.3, 0.4) is 0 Å². The second kappa shape index (κ2) is 8.38. The van der Waals surface area contributed by atoms with Crippen molar-refractivity contribution in [3.63, 3.8) is 0 Å². The third-order valence-electron chi connectivity index (χ3n) is 6.75. The standard InChI is InChI=1S/C23H32N4O2/c1-4-27-12-9-20-18(15-27)21(17-7-5-6-8-19(17)25-20)22(28)24-16-23(26(2)3)10-13-29-14-11-23/h5-8H,4,9-16H2,1-3H3,(H,24,28). The van der Waals surface area contributed by atoms with Crippen molar-refractivity contribution in [2.75, 3.05) is 46.9 Å². The van der Waals surface area contributed by atoms with Crippen molar-refractivity contribution in [2.24, 2.45) is 0 Å². The van der Waals surface area contributed by atoms with Gasteiger partial charge in [0.05, 0.1) is 11.1 Å². The number of aromatic nitrogens is 1. The number of rotatable bonds is 5. The highest BCUT2D eigenvalue weighted by Crippen LogP contribution is 2.29. The molecule has 1 N–H and O–H groups in total. The van der Waals surface area contributed by atoms with Crippen LogP contribution in [-0.4, -0.2) is 73.2 Å². The van der Waals surface area contributed by atoms with E-state index in [1.165, 1.54) is 0 Å². The normalized spacial score (nSPS) is 19.3. The third kappa shape index (κ3) is 3.89. The molecule has 1 aromatic heterocycles. The number of para-hydroxylation sites is 1. The first-order chi connectivity index (χ1) is 14.0. The van der Waals surface area contributed by atoms with Gasteiger partial charge >= 0.3 is 0 Å². The average Bonchev–Trinajstić information content (AvgIpc) is 2.76. The van der Waals surface area contributed by atoms with Gasteiger partial charge in [0, 0.05) is 61.5 Å². The molecule has 29 heavy (non-hydrogen) atoms. The first kappa shape index (κ1) is 20.3. The minimum absolute atomic E-state index is 0.0190. The molecule has 0 radical (unpaired) electrons. The number of amides is 1. The van der Waals surface area contributed by atoms with Crippen molar-refractivity contribution >= 4 is 16.8 Å². The molecule has 6 nitrogen and oxygen atoms in total. The fourth-order valence-corrected chi connectivity index (χ4v) is 4.64. The number of hydrogen-bond acceptors (Lipinski definition) is 5. The predicted octanol–water partition coefficient (Wildman–Crippen LogP) is 2.45. The van der Waals surface area contributed by atoms with Gasteiger partial charge in [-0.2, -0.15) is 0 Å². The van der Waals surface area contributed by atoms with Crippen LogP contribution < -0.4 is 5.32 Å². The van der Waals surface area contributed by atoms with Gasteiger partial charge in [-0.1, -0.05) is 25.1 Å². The first-order valence-corrected chi connectivity index (χ1v) is 10.7. The molecule has 0 saturated carbocycles. The summed E-state index contributed by atoms with van der Waals surface area (Å²) in [5.74, 6) is 0.0190. The number of ether oxygens (including phenoxy) is 1. The van der Waals surface area contributed by atoms with Gasteiger partial charge < -0.3 is 15.0 Å². The van der Waals surface area contributed by atoms with Crippen LogP contribution in [0, 0.1) is 0 Å². The van der Waals surface area contributed by atoms with Crippen molar-refractivity contribution < 1.29 is 9.53 Å². The van der Waals surface area contributed by atoms with Gasteiger partial charge in [0.1, 0.15) is 0 Å². The molecule has 0 atom stereocenters. The molecule has 156 valence electrons. The van der Waals surface area contributed by atoms with Crippen LogP contribution in [0.5, 0.6) is 0 Å². The van der Waals surface area contributed by atoms with Crippen LogP contribution in [0.15, 0.2) is 24.3 Å².